The molecule has 2 aromatic rings. The Bertz CT molecular complexity index is 768. The quantitative estimate of drug-likeness (QED) is 0.507. The van der Waals surface area contributed by atoms with Crippen molar-refractivity contribution in [1.82, 2.24) is 15.2 Å². The number of para-hydroxylation sites is 1. The predicted molar refractivity (Wildman–Crippen MR) is 99.6 cm³/mol. The minimum atomic E-state index is -0.135. The van der Waals surface area contributed by atoms with E-state index in [2.05, 4.69) is 51.5 Å². The molecular formula is C19H26N4O2. The van der Waals surface area contributed by atoms with Gasteiger partial charge in [-0.05, 0) is 24.0 Å². The molecule has 0 amide bonds. The summed E-state index contributed by atoms with van der Waals surface area (Å²) in [6.45, 7) is 4.34. The highest BCUT2D eigenvalue weighted by molar-refractivity contribution is 5.84. The van der Waals surface area contributed by atoms with Crippen LogP contribution >= 0.6 is 0 Å². The molecule has 2 unspecified atom stereocenters. The van der Waals surface area contributed by atoms with Gasteiger partial charge in [-0.2, -0.15) is 0 Å². The largest absolute Gasteiger partial charge is 0.469 e. The fourth-order valence-electron chi connectivity index (χ4n) is 3.58. The third-order valence-electron chi connectivity index (χ3n) is 4.98. The second kappa shape index (κ2) is 7.59. The van der Waals surface area contributed by atoms with Crippen LogP contribution in [0.4, 0.5) is 0 Å². The lowest BCUT2D eigenvalue weighted by molar-refractivity contribution is -0.145. The molecule has 1 fully saturated rings. The van der Waals surface area contributed by atoms with E-state index >= 15 is 0 Å². The Kier molecular flexibility index (Phi) is 5.26. The summed E-state index contributed by atoms with van der Waals surface area (Å²) in [4.78, 5) is 21.7. The van der Waals surface area contributed by atoms with Gasteiger partial charge in [-0.25, -0.2) is 0 Å². The molecule has 0 radical (unpaired) electrons. The van der Waals surface area contributed by atoms with Crippen molar-refractivity contribution in [3.8, 4) is 0 Å². The molecule has 1 aromatic carbocycles. The summed E-state index contributed by atoms with van der Waals surface area (Å²) in [6.07, 6.45) is 2.98. The first-order chi connectivity index (χ1) is 12.1. The standard InChI is InChI=1S/C19H26N4O2/c1-13-11-23(12-16(13)18(24)25-3)19(20-2)21-9-8-14-10-22-17-7-5-4-6-15(14)17/h4-7,10,13,16,22H,8-9,11-12H2,1-3H3,(H,20,21). The lowest BCUT2D eigenvalue weighted by atomic mass is 9.99. The molecule has 1 aromatic heterocycles. The fraction of sp³-hybridized carbons (Fsp3) is 0.474. The van der Waals surface area contributed by atoms with Crippen molar-refractivity contribution in [3.63, 3.8) is 0 Å². The summed E-state index contributed by atoms with van der Waals surface area (Å²) in [5.41, 5.74) is 2.46. The van der Waals surface area contributed by atoms with Gasteiger partial charge >= 0.3 is 5.97 Å². The Morgan fingerprint density at radius 1 is 1.40 bits per heavy atom. The number of benzene rings is 1. The zero-order valence-corrected chi connectivity index (χ0v) is 15.1. The number of fused-ring (bicyclic) bond motifs is 1. The molecule has 134 valence electrons. The van der Waals surface area contributed by atoms with E-state index in [0.29, 0.717) is 6.54 Å². The minimum Gasteiger partial charge on any atom is -0.469 e. The average Bonchev–Trinajstić information content (AvgIpc) is 3.22. The number of hydrogen-bond acceptors (Lipinski definition) is 3. The zero-order chi connectivity index (χ0) is 17.8. The van der Waals surface area contributed by atoms with Crippen LogP contribution in [0.15, 0.2) is 35.5 Å². The second-order valence-corrected chi connectivity index (χ2v) is 6.60. The van der Waals surface area contributed by atoms with Crippen LogP contribution in [-0.2, 0) is 16.0 Å². The average molecular weight is 342 g/mol. The van der Waals surface area contributed by atoms with E-state index < -0.39 is 0 Å². The second-order valence-electron chi connectivity index (χ2n) is 6.60. The van der Waals surface area contributed by atoms with Crippen molar-refractivity contribution >= 4 is 22.8 Å². The maximum Gasteiger partial charge on any atom is 0.310 e. The van der Waals surface area contributed by atoms with Crippen molar-refractivity contribution in [2.45, 2.75) is 13.3 Å². The van der Waals surface area contributed by atoms with Gasteiger partial charge < -0.3 is 19.9 Å². The van der Waals surface area contributed by atoms with Gasteiger partial charge in [0, 0.05) is 43.8 Å². The summed E-state index contributed by atoms with van der Waals surface area (Å²) in [6, 6.07) is 8.32. The Morgan fingerprint density at radius 3 is 2.96 bits per heavy atom. The molecule has 3 rings (SSSR count). The molecule has 0 saturated carbocycles. The molecule has 1 aliphatic rings. The molecule has 2 N–H and O–H groups in total. The Labute approximate surface area is 148 Å². The lowest BCUT2D eigenvalue weighted by Gasteiger charge is -2.21. The smallest absolute Gasteiger partial charge is 0.310 e. The molecule has 0 aliphatic carbocycles. The molecular weight excluding hydrogens is 316 g/mol. The molecule has 2 atom stereocenters. The van der Waals surface area contributed by atoms with E-state index in [1.54, 1.807) is 7.05 Å². The van der Waals surface area contributed by atoms with Crippen LogP contribution in [0.1, 0.15) is 12.5 Å². The highest BCUT2D eigenvalue weighted by atomic mass is 16.5. The molecule has 6 nitrogen and oxygen atoms in total. The van der Waals surface area contributed by atoms with E-state index in [1.165, 1.54) is 18.1 Å². The number of carbonyl (C=O) groups is 1. The SMILES string of the molecule is CN=C(NCCc1c[nH]c2ccccc12)N1CC(C)C(C(=O)OC)C1. The molecule has 0 bridgehead atoms. The molecule has 2 heterocycles. The van der Waals surface area contributed by atoms with Gasteiger partial charge in [0.15, 0.2) is 5.96 Å². The van der Waals surface area contributed by atoms with E-state index in [4.69, 9.17) is 4.74 Å². The number of methoxy groups -OCH3 is 1. The normalized spacial score (nSPS) is 20.9. The number of aromatic nitrogens is 1. The molecule has 0 spiro atoms. The number of hydrogen-bond donors (Lipinski definition) is 2. The zero-order valence-electron chi connectivity index (χ0n) is 15.1. The van der Waals surface area contributed by atoms with Crippen LogP contribution < -0.4 is 5.32 Å². The first kappa shape index (κ1) is 17.3. The Hall–Kier alpha value is -2.50. The van der Waals surface area contributed by atoms with Gasteiger partial charge in [0.05, 0.1) is 13.0 Å². The summed E-state index contributed by atoms with van der Waals surface area (Å²) in [5.74, 6) is 0.888. The van der Waals surface area contributed by atoms with Crippen LogP contribution in [0, 0.1) is 11.8 Å². The topological polar surface area (TPSA) is 69.7 Å². The monoisotopic (exact) mass is 342 g/mol. The minimum absolute atomic E-state index is 0.0860. The van der Waals surface area contributed by atoms with Gasteiger partial charge in [0.1, 0.15) is 0 Å². The summed E-state index contributed by atoms with van der Waals surface area (Å²) in [7, 11) is 3.23. The van der Waals surface area contributed by atoms with Crippen LogP contribution in [0.25, 0.3) is 10.9 Å². The number of H-pyrrole nitrogens is 1. The van der Waals surface area contributed by atoms with Crippen molar-refractivity contribution in [3.05, 3.63) is 36.0 Å². The summed E-state index contributed by atoms with van der Waals surface area (Å²) >= 11 is 0. The third kappa shape index (κ3) is 3.62. The third-order valence-corrected chi connectivity index (χ3v) is 4.98. The number of aliphatic imine (C=N–C) groups is 1. The van der Waals surface area contributed by atoms with Crippen molar-refractivity contribution in [2.75, 3.05) is 33.8 Å². The van der Waals surface area contributed by atoms with Crippen LogP contribution in [-0.4, -0.2) is 55.6 Å². The highest BCUT2D eigenvalue weighted by Crippen LogP contribution is 2.24. The van der Waals surface area contributed by atoms with Crippen LogP contribution in [0.5, 0.6) is 0 Å². The van der Waals surface area contributed by atoms with E-state index in [-0.39, 0.29) is 17.8 Å². The van der Waals surface area contributed by atoms with Crippen LogP contribution in [0.3, 0.4) is 0 Å². The first-order valence-electron chi connectivity index (χ1n) is 8.72. The van der Waals surface area contributed by atoms with Gasteiger partial charge in [-0.15, -0.1) is 0 Å². The van der Waals surface area contributed by atoms with Crippen molar-refractivity contribution < 1.29 is 9.53 Å². The first-order valence-corrected chi connectivity index (χ1v) is 8.72. The fourth-order valence-corrected chi connectivity index (χ4v) is 3.58. The van der Waals surface area contributed by atoms with E-state index in [1.807, 2.05) is 6.07 Å². The molecule has 1 aliphatic heterocycles. The van der Waals surface area contributed by atoms with Crippen molar-refractivity contribution in [1.29, 1.82) is 0 Å². The van der Waals surface area contributed by atoms with Gasteiger partial charge in [-0.1, -0.05) is 25.1 Å². The maximum atomic E-state index is 11.9. The number of esters is 1. The maximum absolute atomic E-state index is 11.9. The summed E-state index contributed by atoms with van der Waals surface area (Å²) in [5, 5.41) is 4.69. The number of rotatable bonds is 4. The number of ether oxygens (including phenoxy) is 1. The van der Waals surface area contributed by atoms with Gasteiger partial charge in [-0.3, -0.25) is 9.79 Å². The van der Waals surface area contributed by atoms with Crippen LogP contribution in [0.2, 0.25) is 0 Å². The number of nitrogens with zero attached hydrogens (tertiary/aromatic N) is 2. The number of guanidine groups is 1. The highest BCUT2D eigenvalue weighted by Gasteiger charge is 2.36. The molecule has 6 heteroatoms. The van der Waals surface area contributed by atoms with Gasteiger partial charge in [0.25, 0.3) is 0 Å². The molecule has 25 heavy (non-hydrogen) atoms. The Morgan fingerprint density at radius 2 is 2.20 bits per heavy atom. The van der Waals surface area contributed by atoms with Gasteiger partial charge in [0.2, 0.25) is 0 Å². The van der Waals surface area contributed by atoms with E-state index in [0.717, 1.165) is 31.0 Å². The number of aromatic amines is 1. The predicted octanol–water partition coefficient (Wildman–Crippen LogP) is 2.03. The number of nitrogens with one attached hydrogen (secondary N) is 2. The van der Waals surface area contributed by atoms with E-state index in [9.17, 15) is 4.79 Å². The Balaban J connectivity index is 1.57. The molecule has 1 saturated heterocycles. The lowest BCUT2D eigenvalue weighted by Crippen LogP contribution is -2.41. The number of likely N-dealkylation sites (tertiary alicyclic amines) is 1. The number of carbonyl (C=O) groups excluding carboxylic acids is 1. The summed E-state index contributed by atoms with van der Waals surface area (Å²) < 4.78 is 4.91. The van der Waals surface area contributed by atoms with Crippen molar-refractivity contribution in [2.24, 2.45) is 16.8 Å².